The molecule has 2 aliphatic heterocycles. The van der Waals surface area contributed by atoms with Crippen molar-refractivity contribution in [3.05, 3.63) is 23.8 Å². The Labute approximate surface area is 140 Å². The van der Waals surface area contributed by atoms with Crippen LogP contribution in [0.25, 0.3) is 0 Å². The maximum absolute atomic E-state index is 12.6. The van der Waals surface area contributed by atoms with Crippen molar-refractivity contribution < 1.29 is 14.4 Å². The van der Waals surface area contributed by atoms with Crippen LogP contribution in [0.5, 0.6) is 0 Å². The quantitative estimate of drug-likeness (QED) is 0.888. The Bertz CT molecular complexity index is 711. The van der Waals surface area contributed by atoms with Gasteiger partial charge in [0.15, 0.2) is 0 Å². The van der Waals surface area contributed by atoms with Gasteiger partial charge in [-0.05, 0) is 37.3 Å². The van der Waals surface area contributed by atoms with Crippen molar-refractivity contribution in [1.29, 1.82) is 0 Å². The maximum Gasteiger partial charge on any atom is 0.229 e. The minimum atomic E-state index is -0.186. The van der Waals surface area contributed by atoms with Gasteiger partial charge in [-0.25, -0.2) is 0 Å². The van der Waals surface area contributed by atoms with Crippen molar-refractivity contribution in [2.24, 2.45) is 11.8 Å². The number of hydrogen-bond donors (Lipinski definition) is 2. The molecule has 6 heteroatoms. The number of carbonyl (C=O) groups is 3. The van der Waals surface area contributed by atoms with Crippen LogP contribution >= 0.6 is 0 Å². The van der Waals surface area contributed by atoms with Crippen molar-refractivity contribution in [1.82, 2.24) is 4.90 Å². The van der Waals surface area contributed by atoms with Crippen molar-refractivity contribution >= 4 is 29.1 Å². The summed E-state index contributed by atoms with van der Waals surface area (Å²) in [5, 5.41) is 5.75. The van der Waals surface area contributed by atoms with E-state index in [1.807, 2.05) is 17.0 Å². The van der Waals surface area contributed by atoms with Crippen LogP contribution in [0, 0.1) is 11.8 Å². The molecule has 3 amide bonds. The molecule has 24 heavy (non-hydrogen) atoms. The number of para-hydroxylation sites is 1. The highest BCUT2D eigenvalue weighted by Gasteiger charge is 2.36. The third-order valence-electron chi connectivity index (χ3n) is 5.05. The zero-order chi connectivity index (χ0) is 16.7. The van der Waals surface area contributed by atoms with Gasteiger partial charge in [0, 0.05) is 19.0 Å². The lowest BCUT2D eigenvalue weighted by atomic mass is 9.96. The fourth-order valence-electron chi connectivity index (χ4n) is 3.57. The molecular formula is C18H21N3O3. The third kappa shape index (κ3) is 2.88. The van der Waals surface area contributed by atoms with E-state index in [4.69, 9.17) is 0 Å². The van der Waals surface area contributed by atoms with E-state index in [1.165, 1.54) is 0 Å². The van der Waals surface area contributed by atoms with Crippen molar-refractivity contribution in [2.75, 3.05) is 23.7 Å². The van der Waals surface area contributed by atoms with E-state index in [-0.39, 0.29) is 29.6 Å². The number of hydrogen-bond acceptors (Lipinski definition) is 3. The molecular weight excluding hydrogens is 306 g/mol. The molecule has 2 fully saturated rings. The largest absolute Gasteiger partial charge is 0.342 e. The summed E-state index contributed by atoms with van der Waals surface area (Å²) in [5.41, 5.74) is 2.26. The Balaban J connectivity index is 1.44. The molecule has 1 saturated carbocycles. The second-order valence-electron chi connectivity index (χ2n) is 6.95. The van der Waals surface area contributed by atoms with E-state index in [9.17, 15) is 14.4 Å². The van der Waals surface area contributed by atoms with Gasteiger partial charge in [0.05, 0.1) is 23.7 Å². The van der Waals surface area contributed by atoms with Gasteiger partial charge >= 0.3 is 0 Å². The maximum atomic E-state index is 12.6. The number of piperidine rings is 1. The number of nitrogens with one attached hydrogen (secondary N) is 2. The highest BCUT2D eigenvalue weighted by atomic mass is 16.2. The Hall–Kier alpha value is -2.37. The second kappa shape index (κ2) is 5.92. The molecule has 6 nitrogen and oxygen atoms in total. The number of amides is 3. The number of rotatable bonds is 3. The van der Waals surface area contributed by atoms with E-state index < -0.39 is 0 Å². The van der Waals surface area contributed by atoms with Gasteiger partial charge < -0.3 is 15.5 Å². The SMILES string of the molecule is O=C1Cc2cccc(NC(=O)C3CCCN(C(=O)C4CC4)C3)c2N1. The van der Waals surface area contributed by atoms with Crippen LogP contribution in [0.4, 0.5) is 11.4 Å². The predicted molar refractivity (Wildman–Crippen MR) is 89.4 cm³/mol. The van der Waals surface area contributed by atoms with Gasteiger partial charge in [0.25, 0.3) is 0 Å². The summed E-state index contributed by atoms with van der Waals surface area (Å²) in [6.45, 7) is 1.26. The lowest BCUT2D eigenvalue weighted by Gasteiger charge is -2.32. The van der Waals surface area contributed by atoms with Crippen molar-refractivity contribution in [2.45, 2.75) is 32.1 Å². The molecule has 3 aliphatic rings. The Morgan fingerprint density at radius 3 is 2.79 bits per heavy atom. The van der Waals surface area contributed by atoms with Crippen LogP contribution < -0.4 is 10.6 Å². The lowest BCUT2D eigenvalue weighted by molar-refractivity contribution is -0.135. The Morgan fingerprint density at radius 2 is 2.00 bits per heavy atom. The summed E-state index contributed by atoms with van der Waals surface area (Å²) in [7, 11) is 0. The molecule has 0 spiro atoms. The van der Waals surface area contributed by atoms with Crippen molar-refractivity contribution in [3.63, 3.8) is 0 Å². The molecule has 0 aromatic heterocycles. The van der Waals surface area contributed by atoms with Crippen LogP contribution in [0.2, 0.25) is 0 Å². The average molecular weight is 327 g/mol. The smallest absolute Gasteiger partial charge is 0.229 e. The van der Waals surface area contributed by atoms with E-state index >= 15 is 0 Å². The first-order chi connectivity index (χ1) is 11.6. The van der Waals surface area contributed by atoms with Gasteiger partial charge in [-0.1, -0.05) is 12.1 Å². The minimum Gasteiger partial charge on any atom is -0.342 e. The number of likely N-dealkylation sites (tertiary alicyclic amines) is 1. The fourth-order valence-corrected chi connectivity index (χ4v) is 3.57. The molecule has 126 valence electrons. The molecule has 0 radical (unpaired) electrons. The summed E-state index contributed by atoms with van der Waals surface area (Å²) < 4.78 is 0. The standard InChI is InChI=1S/C18H21N3O3/c22-15-9-12-3-1-5-14(16(12)20-15)19-17(23)13-4-2-8-21(10-13)18(24)11-6-7-11/h1,3,5,11,13H,2,4,6-10H2,(H,19,23)(H,20,22). The average Bonchev–Trinajstić information content (AvgIpc) is 3.36. The zero-order valence-electron chi connectivity index (χ0n) is 13.5. The lowest BCUT2D eigenvalue weighted by Crippen LogP contribution is -2.44. The van der Waals surface area contributed by atoms with Gasteiger partial charge in [0.2, 0.25) is 17.7 Å². The second-order valence-corrected chi connectivity index (χ2v) is 6.95. The molecule has 1 saturated heterocycles. The molecule has 1 unspecified atom stereocenters. The summed E-state index contributed by atoms with van der Waals surface area (Å²) in [4.78, 5) is 38.3. The number of nitrogens with zero attached hydrogens (tertiary/aromatic N) is 1. The molecule has 1 aliphatic carbocycles. The van der Waals surface area contributed by atoms with Gasteiger partial charge in [-0.3, -0.25) is 14.4 Å². The van der Waals surface area contributed by atoms with Crippen LogP contribution in [0.1, 0.15) is 31.2 Å². The first-order valence-electron chi connectivity index (χ1n) is 8.63. The van der Waals surface area contributed by atoms with Crippen LogP contribution in [0.3, 0.4) is 0 Å². The molecule has 1 aromatic rings. The first-order valence-corrected chi connectivity index (χ1v) is 8.63. The van der Waals surface area contributed by atoms with Crippen molar-refractivity contribution in [3.8, 4) is 0 Å². The monoisotopic (exact) mass is 327 g/mol. The number of anilines is 2. The zero-order valence-corrected chi connectivity index (χ0v) is 13.5. The van der Waals surface area contributed by atoms with Gasteiger partial charge in [0.1, 0.15) is 0 Å². The topological polar surface area (TPSA) is 78.5 Å². The highest BCUT2D eigenvalue weighted by Crippen LogP contribution is 2.34. The summed E-state index contributed by atoms with van der Waals surface area (Å²) in [6.07, 6.45) is 3.98. The summed E-state index contributed by atoms with van der Waals surface area (Å²) in [6, 6.07) is 5.54. The molecule has 0 bridgehead atoms. The van der Waals surface area contributed by atoms with Crippen LogP contribution in [0.15, 0.2) is 18.2 Å². The van der Waals surface area contributed by atoms with Crippen LogP contribution in [-0.2, 0) is 20.8 Å². The van der Waals surface area contributed by atoms with Gasteiger partial charge in [-0.15, -0.1) is 0 Å². The molecule has 1 aromatic carbocycles. The molecule has 1 atom stereocenters. The number of benzene rings is 1. The normalized spacial score (nSPS) is 22.8. The van der Waals surface area contributed by atoms with E-state index in [1.54, 1.807) is 6.07 Å². The molecule has 4 rings (SSSR count). The Morgan fingerprint density at radius 1 is 1.17 bits per heavy atom. The third-order valence-corrected chi connectivity index (χ3v) is 5.05. The van der Waals surface area contributed by atoms with E-state index in [0.29, 0.717) is 24.3 Å². The van der Waals surface area contributed by atoms with E-state index in [2.05, 4.69) is 10.6 Å². The predicted octanol–water partition coefficient (Wildman–Crippen LogP) is 1.77. The number of carbonyl (C=O) groups excluding carboxylic acids is 3. The number of fused-ring (bicyclic) bond motifs is 1. The molecule has 2 heterocycles. The minimum absolute atomic E-state index is 0.0504. The Kier molecular flexibility index (Phi) is 3.75. The highest BCUT2D eigenvalue weighted by molar-refractivity contribution is 6.06. The summed E-state index contributed by atoms with van der Waals surface area (Å²) >= 11 is 0. The first kappa shape index (κ1) is 15.2. The van der Waals surface area contributed by atoms with E-state index in [0.717, 1.165) is 37.8 Å². The molecule has 2 N–H and O–H groups in total. The fraction of sp³-hybridized carbons (Fsp3) is 0.500. The summed E-state index contributed by atoms with van der Waals surface area (Å²) in [5.74, 6) is 0.0950. The van der Waals surface area contributed by atoms with Crippen LogP contribution in [-0.4, -0.2) is 35.7 Å². The van der Waals surface area contributed by atoms with Gasteiger partial charge in [-0.2, -0.15) is 0 Å².